The van der Waals surface area contributed by atoms with Crippen LogP contribution >= 0.6 is 23.2 Å². The van der Waals surface area contributed by atoms with E-state index in [4.69, 9.17) is 38.4 Å². The number of carbonyl (C=O) groups excluding carboxylic acids is 2. The van der Waals surface area contributed by atoms with Gasteiger partial charge in [0.1, 0.15) is 5.71 Å². The maximum atomic E-state index is 11.9. The molecule has 0 aromatic heterocycles. The number of nitrogens with two attached hydrogens (primary N) is 1. The highest BCUT2D eigenvalue weighted by Crippen LogP contribution is 2.30. The van der Waals surface area contributed by atoms with Crippen LogP contribution in [0.4, 0.5) is 11.4 Å². The number of hydrazone groups is 1. The normalized spacial score (nSPS) is 11.1. The number of halogens is 2. The number of benzene rings is 1. The molecule has 0 radical (unpaired) electrons. The van der Waals surface area contributed by atoms with Crippen molar-refractivity contribution in [3.63, 3.8) is 0 Å². The minimum Gasteiger partial charge on any atom is -0.466 e. The molecule has 0 aliphatic heterocycles. The Labute approximate surface area is 150 Å². The Balaban J connectivity index is 2.89. The van der Waals surface area contributed by atoms with Gasteiger partial charge >= 0.3 is 11.9 Å². The van der Waals surface area contributed by atoms with E-state index in [0.717, 1.165) is 0 Å². The lowest BCUT2D eigenvalue weighted by Gasteiger charge is -2.09. The second-order valence-corrected chi connectivity index (χ2v) is 5.36. The van der Waals surface area contributed by atoms with Crippen LogP contribution in [0.25, 0.3) is 0 Å². The van der Waals surface area contributed by atoms with E-state index in [1.165, 1.54) is 12.1 Å². The van der Waals surface area contributed by atoms with Crippen molar-refractivity contribution >= 4 is 52.2 Å². The van der Waals surface area contributed by atoms with Crippen molar-refractivity contribution in [3.05, 3.63) is 22.2 Å². The van der Waals surface area contributed by atoms with Crippen LogP contribution < -0.4 is 11.2 Å². The number of carbonyl (C=O) groups is 2. The first-order chi connectivity index (χ1) is 11.4. The van der Waals surface area contributed by atoms with Gasteiger partial charge in [-0.05, 0) is 26.0 Å². The van der Waals surface area contributed by atoms with Crippen LogP contribution in [0.1, 0.15) is 26.7 Å². The third kappa shape index (κ3) is 6.25. The maximum absolute atomic E-state index is 11.9. The number of rotatable bonds is 8. The van der Waals surface area contributed by atoms with Crippen molar-refractivity contribution in [3.8, 4) is 0 Å². The lowest BCUT2D eigenvalue weighted by Crippen LogP contribution is -2.20. The zero-order chi connectivity index (χ0) is 18.1. The summed E-state index contributed by atoms with van der Waals surface area (Å²) < 4.78 is 9.74. The Morgan fingerprint density at radius 2 is 1.75 bits per heavy atom. The maximum Gasteiger partial charge on any atom is 0.354 e. The van der Waals surface area contributed by atoms with Crippen LogP contribution in [-0.2, 0) is 19.1 Å². The molecule has 0 heterocycles. The molecule has 0 atom stereocenters. The Morgan fingerprint density at radius 3 is 2.38 bits per heavy atom. The predicted octanol–water partition coefficient (Wildman–Crippen LogP) is 3.25. The van der Waals surface area contributed by atoms with Crippen LogP contribution in [0.3, 0.4) is 0 Å². The van der Waals surface area contributed by atoms with E-state index in [1.54, 1.807) is 13.8 Å². The molecule has 1 aromatic rings. The number of nitrogens with one attached hydrogen (secondary N) is 1. The Morgan fingerprint density at radius 1 is 1.12 bits per heavy atom. The fourth-order valence-electron chi connectivity index (χ4n) is 1.66. The Kier molecular flexibility index (Phi) is 8.35. The van der Waals surface area contributed by atoms with Crippen LogP contribution in [0.2, 0.25) is 10.0 Å². The topological polar surface area (TPSA) is 103 Å². The third-order valence-electron chi connectivity index (χ3n) is 2.79. The second-order valence-electron chi connectivity index (χ2n) is 4.55. The molecular formula is C15H19Cl2N3O4. The molecule has 7 nitrogen and oxygen atoms in total. The van der Waals surface area contributed by atoms with Gasteiger partial charge in [0.25, 0.3) is 0 Å². The number of anilines is 2. The van der Waals surface area contributed by atoms with Crippen LogP contribution in [0.15, 0.2) is 17.2 Å². The molecule has 132 valence electrons. The zero-order valence-corrected chi connectivity index (χ0v) is 14.9. The predicted molar refractivity (Wildman–Crippen MR) is 94.4 cm³/mol. The molecule has 0 saturated heterocycles. The van der Waals surface area contributed by atoms with Crippen molar-refractivity contribution in [2.75, 3.05) is 24.4 Å². The first-order valence-corrected chi connectivity index (χ1v) is 8.04. The molecule has 0 bridgehead atoms. The summed E-state index contributed by atoms with van der Waals surface area (Å²) in [5.74, 6) is -1.06. The van der Waals surface area contributed by atoms with Gasteiger partial charge in [0.15, 0.2) is 0 Å². The molecule has 3 N–H and O–H groups in total. The fourth-order valence-corrected chi connectivity index (χ4v) is 1.99. The fraction of sp³-hybridized carbons (Fsp3) is 0.400. The Hall–Kier alpha value is -1.99. The smallest absolute Gasteiger partial charge is 0.354 e. The van der Waals surface area contributed by atoms with Gasteiger partial charge in [-0.25, -0.2) is 4.79 Å². The first-order valence-electron chi connectivity index (χ1n) is 7.28. The highest BCUT2D eigenvalue weighted by Gasteiger charge is 2.16. The van der Waals surface area contributed by atoms with Gasteiger partial charge in [-0.3, -0.25) is 10.2 Å². The quantitative estimate of drug-likeness (QED) is 0.312. The van der Waals surface area contributed by atoms with Crippen molar-refractivity contribution in [2.24, 2.45) is 5.10 Å². The molecular weight excluding hydrogens is 357 g/mol. The average Bonchev–Trinajstić information content (AvgIpc) is 2.52. The number of nitrogen functional groups attached to an aromatic ring is 1. The molecule has 1 aromatic carbocycles. The number of esters is 2. The van der Waals surface area contributed by atoms with E-state index < -0.39 is 11.9 Å². The molecule has 9 heteroatoms. The summed E-state index contributed by atoms with van der Waals surface area (Å²) in [6, 6.07) is 2.95. The summed E-state index contributed by atoms with van der Waals surface area (Å²) >= 11 is 11.8. The molecule has 0 spiro atoms. The first kappa shape index (κ1) is 20.1. The summed E-state index contributed by atoms with van der Waals surface area (Å²) in [6.07, 6.45) is 0.0654. The number of hydrogen-bond donors (Lipinski definition) is 2. The largest absolute Gasteiger partial charge is 0.466 e. The summed E-state index contributed by atoms with van der Waals surface area (Å²) in [7, 11) is 0. The SMILES string of the molecule is CCOC(=O)CC/C(=N/Nc1cc(Cl)c(Cl)cc1N)C(=O)OCC. The third-order valence-corrected chi connectivity index (χ3v) is 3.51. The van der Waals surface area contributed by atoms with E-state index in [9.17, 15) is 9.59 Å². The van der Waals surface area contributed by atoms with Crippen molar-refractivity contribution in [1.82, 2.24) is 0 Å². The summed E-state index contributed by atoms with van der Waals surface area (Å²) in [5, 5.41) is 4.57. The standard InChI is InChI=1S/C15H19Cl2N3O4/c1-3-23-14(21)6-5-12(15(22)24-4-2)19-20-13-8-10(17)9(16)7-11(13)18/h7-8,20H,3-6,18H2,1-2H3/b19-12-. The minimum atomic E-state index is -0.632. The van der Waals surface area contributed by atoms with Gasteiger partial charge in [-0.1, -0.05) is 23.2 Å². The molecule has 1 rings (SSSR count). The van der Waals surface area contributed by atoms with Gasteiger partial charge < -0.3 is 15.2 Å². The van der Waals surface area contributed by atoms with Crippen molar-refractivity contribution in [2.45, 2.75) is 26.7 Å². The zero-order valence-electron chi connectivity index (χ0n) is 13.4. The number of nitrogens with zero attached hydrogens (tertiary/aromatic N) is 1. The Bertz CT molecular complexity index is 635. The molecule has 0 aliphatic carbocycles. The molecule has 0 fully saturated rings. The van der Waals surface area contributed by atoms with Crippen molar-refractivity contribution in [1.29, 1.82) is 0 Å². The second kappa shape index (κ2) is 10.00. The minimum absolute atomic E-state index is 0.00399. The monoisotopic (exact) mass is 375 g/mol. The number of hydrogen-bond acceptors (Lipinski definition) is 7. The lowest BCUT2D eigenvalue weighted by molar-refractivity contribution is -0.142. The average molecular weight is 376 g/mol. The van der Waals surface area contributed by atoms with E-state index in [1.807, 2.05) is 0 Å². The number of ether oxygens (including phenoxy) is 2. The van der Waals surface area contributed by atoms with Gasteiger partial charge in [-0.2, -0.15) is 5.10 Å². The van der Waals surface area contributed by atoms with E-state index in [0.29, 0.717) is 16.4 Å². The van der Waals surface area contributed by atoms with Gasteiger partial charge in [-0.15, -0.1) is 0 Å². The highest BCUT2D eigenvalue weighted by atomic mass is 35.5. The van der Waals surface area contributed by atoms with E-state index >= 15 is 0 Å². The molecule has 0 amide bonds. The molecule has 0 aliphatic rings. The lowest BCUT2D eigenvalue weighted by atomic mass is 10.2. The molecule has 0 saturated carbocycles. The summed E-state index contributed by atoms with van der Waals surface area (Å²) in [6.45, 7) is 3.83. The van der Waals surface area contributed by atoms with Crippen LogP contribution in [0.5, 0.6) is 0 Å². The summed E-state index contributed by atoms with van der Waals surface area (Å²) in [4.78, 5) is 23.4. The molecule has 24 heavy (non-hydrogen) atoms. The van der Waals surface area contributed by atoms with E-state index in [-0.39, 0.29) is 36.8 Å². The molecule has 0 unspecified atom stereocenters. The highest BCUT2D eigenvalue weighted by molar-refractivity contribution is 6.42. The van der Waals surface area contributed by atoms with Crippen LogP contribution in [0, 0.1) is 0 Å². The van der Waals surface area contributed by atoms with Crippen molar-refractivity contribution < 1.29 is 19.1 Å². The van der Waals surface area contributed by atoms with Gasteiger partial charge in [0, 0.05) is 6.42 Å². The van der Waals surface area contributed by atoms with E-state index in [2.05, 4.69) is 10.5 Å². The van der Waals surface area contributed by atoms with Crippen LogP contribution in [-0.4, -0.2) is 30.9 Å². The van der Waals surface area contributed by atoms with Gasteiger partial charge in [0.05, 0.1) is 41.1 Å². The van der Waals surface area contributed by atoms with Gasteiger partial charge in [0.2, 0.25) is 0 Å². The summed E-state index contributed by atoms with van der Waals surface area (Å²) in [5.41, 5.74) is 9.17.